The molecule has 1 amide bonds. The molecule has 29 heavy (non-hydrogen) atoms. The maximum Gasteiger partial charge on any atom is 0.253 e. The Labute approximate surface area is 172 Å². The molecule has 0 aromatic heterocycles. The third-order valence-corrected chi connectivity index (χ3v) is 9.85. The van der Waals surface area contributed by atoms with E-state index in [1.807, 2.05) is 4.90 Å². The maximum absolute atomic E-state index is 12.9. The third kappa shape index (κ3) is 4.67. The number of amides is 1. The Morgan fingerprint density at radius 3 is 2.34 bits per heavy atom. The lowest BCUT2D eigenvalue weighted by molar-refractivity contribution is 0.0521. The number of piperidine rings is 1. The predicted octanol–water partition coefficient (Wildman–Crippen LogP) is 1.80. The van der Waals surface area contributed by atoms with E-state index in [0.29, 0.717) is 11.5 Å². The molecule has 0 spiro atoms. The van der Waals surface area contributed by atoms with Crippen LogP contribution in [0.15, 0.2) is 29.2 Å². The Bertz CT molecular complexity index is 973. The van der Waals surface area contributed by atoms with Gasteiger partial charge in [-0.25, -0.2) is 21.6 Å². The average molecular weight is 441 g/mol. The van der Waals surface area contributed by atoms with Crippen molar-refractivity contribution in [1.29, 1.82) is 0 Å². The summed E-state index contributed by atoms with van der Waals surface area (Å²) in [6.07, 6.45) is 6.34. The van der Waals surface area contributed by atoms with Crippen LogP contribution in [-0.2, 0) is 19.9 Å². The Morgan fingerprint density at radius 1 is 1.00 bits per heavy atom. The minimum absolute atomic E-state index is 0.00527. The quantitative estimate of drug-likeness (QED) is 0.769. The molecule has 3 atom stereocenters. The number of carbonyl (C=O) groups is 1. The summed E-state index contributed by atoms with van der Waals surface area (Å²) >= 11 is 0. The largest absolute Gasteiger partial charge is 0.338 e. The van der Waals surface area contributed by atoms with Crippen molar-refractivity contribution >= 4 is 25.8 Å². The smallest absolute Gasteiger partial charge is 0.253 e. The highest BCUT2D eigenvalue weighted by Crippen LogP contribution is 2.36. The lowest BCUT2D eigenvalue weighted by Gasteiger charge is -2.41. The van der Waals surface area contributed by atoms with Crippen molar-refractivity contribution in [3.05, 3.63) is 29.8 Å². The van der Waals surface area contributed by atoms with E-state index < -0.39 is 25.9 Å². The monoisotopic (exact) mass is 440 g/mol. The number of hydrogen-bond acceptors (Lipinski definition) is 5. The van der Waals surface area contributed by atoms with Crippen LogP contribution in [0.1, 0.15) is 48.9 Å². The zero-order valence-corrected chi connectivity index (χ0v) is 18.1. The number of rotatable bonds is 4. The van der Waals surface area contributed by atoms with Gasteiger partial charge in [-0.3, -0.25) is 4.79 Å². The Kier molecular flexibility index (Phi) is 5.74. The molecule has 0 radical (unpaired) electrons. The number of benzene rings is 1. The van der Waals surface area contributed by atoms with Gasteiger partial charge in [0.25, 0.3) is 5.91 Å². The van der Waals surface area contributed by atoms with Gasteiger partial charge in [0.15, 0.2) is 9.84 Å². The third-order valence-electron chi connectivity index (χ3n) is 6.54. The zero-order valence-electron chi connectivity index (χ0n) is 16.4. The molecule has 3 aliphatic rings. The summed E-state index contributed by atoms with van der Waals surface area (Å²) < 4.78 is 50.6. The number of nitrogens with zero attached hydrogens (tertiary/aromatic N) is 1. The van der Waals surface area contributed by atoms with Crippen molar-refractivity contribution in [2.75, 3.05) is 24.6 Å². The molecule has 7 nitrogen and oxygen atoms in total. The highest BCUT2D eigenvalue weighted by Gasteiger charge is 2.34. The first kappa shape index (κ1) is 20.8. The first-order valence-electron chi connectivity index (χ1n) is 10.4. The van der Waals surface area contributed by atoms with Crippen molar-refractivity contribution in [2.24, 2.45) is 11.8 Å². The summed E-state index contributed by atoms with van der Waals surface area (Å²) in [5.74, 6) is 1.12. The van der Waals surface area contributed by atoms with Crippen LogP contribution in [0.4, 0.5) is 0 Å². The van der Waals surface area contributed by atoms with Crippen LogP contribution < -0.4 is 4.72 Å². The van der Waals surface area contributed by atoms with Crippen LogP contribution >= 0.6 is 0 Å². The molecule has 4 rings (SSSR count). The fraction of sp³-hybridized carbons (Fsp3) is 0.650. The SMILES string of the molecule is O=C(c1ccc(S(=O)(=O)N[C@@H]2CCS(=O)(=O)C2)cc1)N1CC[C@@H]2CCCC[C@H]2C1. The molecular weight excluding hydrogens is 412 g/mol. The molecule has 2 aliphatic heterocycles. The van der Waals surface area contributed by atoms with Crippen molar-refractivity contribution < 1.29 is 21.6 Å². The Hall–Kier alpha value is -1.45. The number of nitrogens with one attached hydrogen (secondary N) is 1. The molecular formula is C20H28N2O5S2. The molecule has 0 unspecified atom stereocenters. The van der Waals surface area contributed by atoms with Crippen LogP contribution in [0.5, 0.6) is 0 Å². The van der Waals surface area contributed by atoms with Crippen LogP contribution in [0.3, 0.4) is 0 Å². The van der Waals surface area contributed by atoms with Gasteiger partial charge in [0.2, 0.25) is 10.0 Å². The molecule has 3 fully saturated rings. The summed E-state index contributed by atoms with van der Waals surface area (Å²) in [4.78, 5) is 14.8. The van der Waals surface area contributed by atoms with E-state index in [9.17, 15) is 21.6 Å². The number of carbonyl (C=O) groups excluding carboxylic acids is 1. The van der Waals surface area contributed by atoms with Gasteiger partial charge in [0.1, 0.15) is 0 Å². The molecule has 1 aromatic carbocycles. The average Bonchev–Trinajstić information content (AvgIpc) is 3.04. The van der Waals surface area contributed by atoms with Gasteiger partial charge in [0, 0.05) is 24.7 Å². The van der Waals surface area contributed by atoms with Crippen LogP contribution in [0.25, 0.3) is 0 Å². The molecule has 1 aromatic rings. The van der Waals surface area contributed by atoms with E-state index in [2.05, 4.69) is 4.72 Å². The second-order valence-corrected chi connectivity index (χ2v) is 12.5. The highest BCUT2D eigenvalue weighted by molar-refractivity contribution is 7.92. The van der Waals surface area contributed by atoms with Gasteiger partial charge in [-0.1, -0.05) is 19.3 Å². The van der Waals surface area contributed by atoms with E-state index in [4.69, 9.17) is 0 Å². The summed E-state index contributed by atoms with van der Waals surface area (Å²) in [7, 11) is -6.98. The molecule has 1 aliphatic carbocycles. The number of fused-ring (bicyclic) bond motifs is 1. The number of sulfone groups is 1. The van der Waals surface area contributed by atoms with E-state index in [1.54, 1.807) is 12.1 Å². The topological polar surface area (TPSA) is 101 Å². The standard InChI is InChI=1S/C20H28N2O5S2/c23-20(22-11-9-15-3-1-2-4-17(15)13-22)16-5-7-19(8-6-16)29(26,27)21-18-10-12-28(24,25)14-18/h5-8,15,17-18,21H,1-4,9-14H2/t15-,17-,18+/m0/s1. The second kappa shape index (κ2) is 8.00. The second-order valence-electron chi connectivity index (χ2n) is 8.59. The normalized spacial score (nSPS) is 29.4. The summed E-state index contributed by atoms with van der Waals surface area (Å²) in [5.41, 5.74) is 0.488. The number of hydrogen-bond donors (Lipinski definition) is 1. The zero-order chi connectivity index (χ0) is 20.6. The van der Waals surface area contributed by atoms with Crippen LogP contribution in [0.2, 0.25) is 0 Å². The first-order valence-corrected chi connectivity index (χ1v) is 13.7. The molecule has 1 saturated carbocycles. The molecule has 0 bridgehead atoms. The Morgan fingerprint density at radius 2 is 1.69 bits per heavy atom. The van der Waals surface area contributed by atoms with Crippen molar-refractivity contribution in [3.8, 4) is 0 Å². The Balaban J connectivity index is 1.41. The van der Waals surface area contributed by atoms with Gasteiger partial charge in [-0.15, -0.1) is 0 Å². The summed E-state index contributed by atoms with van der Waals surface area (Å²) in [5, 5.41) is 0. The van der Waals surface area contributed by atoms with E-state index in [0.717, 1.165) is 25.4 Å². The highest BCUT2D eigenvalue weighted by atomic mass is 32.2. The first-order chi connectivity index (χ1) is 13.7. The lowest BCUT2D eigenvalue weighted by Crippen LogP contribution is -2.44. The maximum atomic E-state index is 12.9. The van der Waals surface area contributed by atoms with Gasteiger partial charge in [-0.2, -0.15) is 0 Å². The number of likely N-dealkylation sites (tertiary alicyclic amines) is 1. The minimum atomic E-state index is -3.82. The van der Waals surface area contributed by atoms with E-state index >= 15 is 0 Å². The molecule has 1 N–H and O–H groups in total. The fourth-order valence-electron chi connectivity index (χ4n) is 4.92. The lowest BCUT2D eigenvalue weighted by atomic mass is 9.75. The summed E-state index contributed by atoms with van der Waals surface area (Å²) in [6, 6.07) is 5.35. The van der Waals surface area contributed by atoms with Gasteiger partial charge in [-0.05, 0) is 55.4 Å². The van der Waals surface area contributed by atoms with Crippen molar-refractivity contribution in [1.82, 2.24) is 9.62 Å². The minimum Gasteiger partial charge on any atom is -0.338 e. The molecule has 160 valence electrons. The van der Waals surface area contributed by atoms with Gasteiger partial charge in [0.05, 0.1) is 16.4 Å². The van der Waals surface area contributed by atoms with Crippen LogP contribution in [0, 0.1) is 11.8 Å². The fourth-order valence-corrected chi connectivity index (χ4v) is 7.97. The van der Waals surface area contributed by atoms with Gasteiger partial charge < -0.3 is 4.90 Å². The van der Waals surface area contributed by atoms with Crippen molar-refractivity contribution in [3.63, 3.8) is 0 Å². The van der Waals surface area contributed by atoms with Crippen molar-refractivity contribution in [2.45, 2.75) is 49.5 Å². The molecule has 2 heterocycles. The molecule has 9 heteroatoms. The van der Waals surface area contributed by atoms with Gasteiger partial charge >= 0.3 is 0 Å². The predicted molar refractivity (Wildman–Crippen MR) is 110 cm³/mol. The van der Waals surface area contributed by atoms with Crippen LogP contribution in [-0.4, -0.2) is 58.3 Å². The number of sulfonamides is 1. The van der Waals surface area contributed by atoms with E-state index in [1.165, 1.54) is 37.8 Å². The van der Waals surface area contributed by atoms with E-state index in [-0.39, 0.29) is 28.7 Å². The summed E-state index contributed by atoms with van der Waals surface area (Å²) in [6.45, 7) is 1.55. The molecule has 2 saturated heterocycles.